The van der Waals surface area contributed by atoms with Crippen molar-refractivity contribution in [1.82, 2.24) is 9.78 Å². The first kappa shape index (κ1) is 9.43. The molecule has 0 aliphatic heterocycles. The lowest BCUT2D eigenvalue weighted by molar-refractivity contribution is 0.0981. The summed E-state index contributed by atoms with van der Waals surface area (Å²) in [4.78, 5) is 23.1. The minimum Gasteiger partial charge on any atom is -0.287 e. The van der Waals surface area contributed by atoms with E-state index in [-0.39, 0.29) is 21.3 Å². The molecule has 0 N–H and O–H groups in total. The Hall–Kier alpha value is -1.13. The number of aryl methyl sites for hydroxylation is 1. The van der Waals surface area contributed by atoms with Crippen LogP contribution in [0.25, 0.3) is 0 Å². The summed E-state index contributed by atoms with van der Waals surface area (Å²) in [6.07, 6.45) is 1.31. The number of allylic oxidation sites excluding steroid dienone is 2. The van der Waals surface area contributed by atoms with Crippen molar-refractivity contribution in [1.29, 1.82) is 0 Å². The standard InChI is InChI=1S/C8H4Cl2N2O2/c1-12-6-3(2-11-12)7(13)4(9)5(10)8(6)14/h2H,1H3. The number of halogens is 2. The Morgan fingerprint density at radius 1 is 1.21 bits per heavy atom. The van der Waals surface area contributed by atoms with Gasteiger partial charge >= 0.3 is 0 Å². The van der Waals surface area contributed by atoms with Gasteiger partial charge in [0.2, 0.25) is 11.6 Å². The Balaban J connectivity index is 2.75. The fourth-order valence-corrected chi connectivity index (χ4v) is 1.66. The van der Waals surface area contributed by atoms with Gasteiger partial charge in [0.05, 0.1) is 11.8 Å². The third kappa shape index (κ3) is 1.04. The van der Waals surface area contributed by atoms with Gasteiger partial charge in [-0.1, -0.05) is 23.2 Å². The Morgan fingerprint density at radius 3 is 2.43 bits per heavy atom. The summed E-state index contributed by atoms with van der Waals surface area (Å²) in [5, 5.41) is 3.32. The number of rotatable bonds is 0. The number of fused-ring (bicyclic) bond motifs is 1. The number of carbonyl (C=O) groups is 2. The van der Waals surface area contributed by atoms with Crippen LogP contribution in [-0.2, 0) is 7.05 Å². The fourth-order valence-electron chi connectivity index (χ4n) is 1.29. The van der Waals surface area contributed by atoms with Gasteiger partial charge in [-0.2, -0.15) is 5.10 Å². The van der Waals surface area contributed by atoms with E-state index in [0.29, 0.717) is 0 Å². The first-order valence-electron chi connectivity index (χ1n) is 3.70. The smallest absolute Gasteiger partial charge is 0.224 e. The fraction of sp³-hybridized carbons (Fsp3) is 0.125. The molecule has 0 saturated carbocycles. The van der Waals surface area contributed by atoms with Crippen molar-refractivity contribution >= 4 is 34.8 Å². The SMILES string of the molecule is Cn1ncc2c1C(=O)C(Cl)=C(Cl)C2=O. The Morgan fingerprint density at radius 2 is 1.79 bits per heavy atom. The van der Waals surface area contributed by atoms with E-state index in [1.165, 1.54) is 10.9 Å². The molecule has 6 heteroatoms. The monoisotopic (exact) mass is 230 g/mol. The minimum atomic E-state index is -0.466. The van der Waals surface area contributed by atoms with Gasteiger partial charge in [-0.25, -0.2) is 0 Å². The molecule has 1 aromatic rings. The zero-order valence-corrected chi connectivity index (χ0v) is 8.56. The van der Waals surface area contributed by atoms with Crippen LogP contribution in [0.2, 0.25) is 0 Å². The topological polar surface area (TPSA) is 52.0 Å². The minimum absolute atomic E-state index is 0.185. The summed E-state index contributed by atoms with van der Waals surface area (Å²) in [6.45, 7) is 0. The van der Waals surface area contributed by atoms with Crippen molar-refractivity contribution in [2.24, 2.45) is 7.05 Å². The number of ketones is 2. The van der Waals surface area contributed by atoms with Gasteiger partial charge in [0, 0.05) is 7.05 Å². The second-order valence-electron chi connectivity index (χ2n) is 2.82. The largest absolute Gasteiger partial charge is 0.287 e. The molecule has 0 spiro atoms. The van der Waals surface area contributed by atoms with E-state index in [2.05, 4.69) is 5.10 Å². The molecule has 0 atom stereocenters. The Labute approximate surface area is 89.1 Å². The highest BCUT2D eigenvalue weighted by Gasteiger charge is 2.33. The van der Waals surface area contributed by atoms with Gasteiger partial charge in [-0.15, -0.1) is 0 Å². The van der Waals surface area contributed by atoms with Gasteiger partial charge < -0.3 is 0 Å². The molecule has 14 heavy (non-hydrogen) atoms. The molecular weight excluding hydrogens is 227 g/mol. The van der Waals surface area contributed by atoms with Gasteiger partial charge in [-0.05, 0) is 0 Å². The lowest BCUT2D eigenvalue weighted by atomic mass is 10.0. The summed E-state index contributed by atoms with van der Waals surface area (Å²) < 4.78 is 1.31. The molecule has 0 radical (unpaired) electrons. The molecule has 0 bridgehead atoms. The molecule has 0 saturated heterocycles. The first-order valence-corrected chi connectivity index (χ1v) is 4.46. The van der Waals surface area contributed by atoms with Crippen molar-refractivity contribution in [2.45, 2.75) is 0 Å². The van der Waals surface area contributed by atoms with E-state index in [0.717, 1.165) is 0 Å². The van der Waals surface area contributed by atoms with Gasteiger partial charge in [-0.3, -0.25) is 14.3 Å². The molecule has 1 heterocycles. The zero-order chi connectivity index (χ0) is 10.5. The van der Waals surface area contributed by atoms with Crippen molar-refractivity contribution < 1.29 is 9.59 Å². The van der Waals surface area contributed by atoms with Crippen LogP contribution in [0.5, 0.6) is 0 Å². The van der Waals surface area contributed by atoms with Gasteiger partial charge in [0.15, 0.2) is 0 Å². The molecule has 0 fully saturated rings. The van der Waals surface area contributed by atoms with Crippen LogP contribution in [0.4, 0.5) is 0 Å². The highest BCUT2D eigenvalue weighted by Crippen LogP contribution is 2.29. The van der Waals surface area contributed by atoms with E-state index in [1.54, 1.807) is 7.05 Å². The third-order valence-corrected chi connectivity index (χ3v) is 2.81. The number of nitrogens with zero attached hydrogens (tertiary/aromatic N) is 2. The zero-order valence-electron chi connectivity index (χ0n) is 7.04. The first-order chi connectivity index (χ1) is 6.54. The lowest BCUT2D eigenvalue weighted by Crippen LogP contribution is -2.19. The maximum absolute atomic E-state index is 11.6. The van der Waals surface area contributed by atoms with E-state index >= 15 is 0 Å². The molecule has 72 valence electrons. The predicted octanol–water partition coefficient (Wildman–Crippen LogP) is 1.49. The average Bonchev–Trinajstić information content (AvgIpc) is 2.54. The van der Waals surface area contributed by atoms with E-state index in [4.69, 9.17) is 23.2 Å². The van der Waals surface area contributed by atoms with Crippen LogP contribution in [0.3, 0.4) is 0 Å². The predicted molar refractivity (Wildman–Crippen MR) is 50.6 cm³/mol. The molecule has 1 aliphatic carbocycles. The normalized spacial score (nSPS) is 16.2. The Kier molecular flexibility index (Phi) is 1.97. The highest BCUT2D eigenvalue weighted by molar-refractivity contribution is 6.59. The van der Waals surface area contributed by atoms with Crippen molar-refractivity contribution in [3.63, 3.8) is 0 Å². The molecule has 1 aliphatic rings. The van der Waals surface area contributed by atoms with Crippen LogP contribution < -0.4 is 0 Å². The van der Waals surface area contributed by atoms with E-state index in [9.17, 15) is 9.59 Å². The van der Waals surface area contributed by atoms with Crippen LogP contribution in [0, 0.1) is 0 Å². The summed E-state index contributed by atoms with van der Waals surface area (Å²) in [7, 11) is 1.56. The molecular formula is C8H4Cl2N2O2. The summed E-state index contributed by atoms with van der Waals surface area (Å²) in [5.41, 5.74) is 0.385. The lowest BCUT2D eigenvalue weighted by Gasteiger charge is -2.10. The van der Waals surface area contributed by atoms with E-state index in [1.807, 2.05) is 0 Å². The second-order valence-corrected chi connectivity index (χ2v) is 3.57. The second kappa shape index (κ2) is 2.93. The van der Waals surface area contributed by atoms with E-state index < -0.39 is 11.6 Å². The van der Waals surface area contributed by atoms with Crippen LogP contribution in [0.15, 0.2) is 16.3 Å². The highest BCUT2D eigenvalue weighted by atomic mass is 35.5. The molecule has 4 nitrogen and oxygen atoms in total. The van der Waals surface area contributed by atoms with Crippen LogP contribution in [0.1, 0.15) is 20.8 Å². The number of hydrogen-bond acceptors (Lipinski definition) is 3. The quantitative estimate of drug-likeness (QED) is 0.679. The summed E-state index contributed by atoms with van der Waals surface area (Å²) in [6, 6.07) is 0. The van der Waals surface area contributed by atoms with Crippen LogP contribution >= 0.6 is 23.2 Å². The number of Topliss-reactive ketones (excluding diaryl/α,β-unsaturated/α-hetero) is 2. The molecule has 0 unspecified atom stereocenters. The maximum atomic E-state index is 11.6. The van der Waals surface area contributed by atoms with Gasteiger partial charge in [0.25, 0.3) is 0 Å². The summed E-state index contributed by atoms with van der Waals surface area (Å²) in [5.74, 6) is -0.925. The molecule has 2 rings (SSSR count). The van der Waals surface area contributed by atoms with Crippen molar-refractivity contribution in [2.75, 3.05) is 0 Å². The number of aromatic nitrogens is 2. The van der Waals surface area contributed by atoms with Crippen molar-refractivity contribution in [3.8, 4) is 0 Å². The Bertz CT molecular complexity index is 488. The summed E-state index contributed by atoms with van der Waals surface area (Å²) >= 11 is 11.2. The average molecular weight is 231 g/mol. The number of hydrogen-bond donors (Lipinski definition) is 0. The third-order valence-electron chi connectivity index (χ3n) is 1.99. The van der Waals surface area contributed by atoms with Gasteiger partial charge in [0.1, 0.15) is 15.8 Å². The number of carbonyl (C=O) groups excluding carboxylic acids is 2. The van der Waals surface area contributed by atoms with Crippen molar-refractivity contribution in [3.05, 3.63) is 27.5 Å². The maximum Gasteiger partial charge on any atom is 0.224 e. The van der Waals surface area contributed by atoms with Crippen LogP contribution in [-0.4, -0.2) is 21.3 Å². The molecule has 1 aromatic heterocycles. The molecule has 0 aromatic carbocycles. The molecule has 0 amide bonds.